The minimum absolute atomic E-state index is 0.158. The van der Waals surface area contributed by atoms with E-state index in [2.05, 4.69) is 23.7 Å². The summed E-state index contributed by atoms with van der Waals surface area (Å²) in [7, 11) is 0. The van der Waals surface area contributed by atoms with Crippen molar-refractivity contribution in [2.45, 2.75) is 26.3 Å². The molecule has 5 heteroatoms. The molecule has 0 spiro atoms. The van der Waals surface area contributed by atoms with Crippen LogP contribution in [0.25, 0.3) is 10.6 Å². The van der Waals surface area contributed by atoms with Crippen LogP contribution in [0, 0.1) is 5.82 Å². The second kappa shape index (κ2) is 7.16. The van der Waals surface area contributed by atoms with Crippen LogP contribution in [-0.2, 0) is 12.4 Å². The van der Waals surface area contributed by atoms with E-state index in [-0.39, 0.29) is 5.82 Å². The summed E-state index contributed by atoms with van der Waals surface area (Å²) >= 11 is 7.31. The third-order valence-electron chi connectivity index (χ3n) is 3.27. The number of hydrogen-bond donors (Lipinski definition) is 0. The number of rotatable bonds is 6. The normalized spacial score (nSPS) is 11.2. The molecule has 1 aromatic carbocycles. The molecule has 0 unspecified atom stereocenters. The van der Waals surface area contributed by atoms with Gasteiger partial charge in [-0.05, 0) is 31.3 Å². The second-order valence-corrected chi connectivity index (χ2v) is 5.67. The molecule has 0 aliphatic rings. The van der Waals surface area contributed by atoms with Crippen molar-refractivity contribution >= 4 is 22.9 Å². The van der Waals surface area contributed by atoms with Gasteiger partial charge in [0, 0.05) is 23.1 Å². The van der Waals surface area contributed by atoms with Crippen molar-refractivity contribution in [2.75, 3.05) is 13.1 Å². The first-order valence-corrected chi connectivity index (χ1v) is 8.10. The molecule has 20 heavy (non-hydrogen) atoms. The largest absolute Gasteiger partial charge is 0.300 e. The Hall–Kier alpha value is -0.970. The molecule has 108 valence electrons. The molecule has 0 aliphatic heterocycles. The lowest BCUT2D eigenvalue weighted by molar-refractivity contribution is 0.291. The molecule has 0 N–H and O–H groups in total. The summed E-state index contributed by atoms with van der Waals surface area (Å²) in [6, 6.07) is 5.19. The number of aromatic nitrogens is 1. The van der Waals surface area contributed by atoms with Crippen molar-refractivity contribution in [3.8, 4) is 10.6 Å². The number of nitrogens with zero attached hydrogens (tertiary/aromatic N) is 2. The number of halogens is 2. The molecule has 0 atom stereocenters. The van der Waals surface area contributed by atoms with Crippen LogP contribution in [0.15, 0.2) is 23.6 Å². The molecule has 0 bridgehead atoms. The molecular formula is C15H18ClFN2S. The highest BCUT2D eigenvalue weighted by Gasteiger charge is 2.10. The Kier molecular flexibility index (Phi) is 5.52. The Morgan fingerprint density at radius 2 is 2.05 bits per heavy atom. The maximum Gasteiger partial charge on any atom is 0.127 e. The standard InChI is InChI=1S/C15H18ClFN2S/c1-3-19(4-2)9-12-7-11(5-6-14(12)17)15-18-13(8-16)10-20-15/h5-7,10H,3-4,8-9H2,1-2H3. The van der Waals surface area contributed by atoms with Gasteiger partial charge in [-0.15, -0.1) is 22.9 Å². The van der Waals surface area contributed by atoms with Crippen molar-refractivity contribution in [2.24, 2.45) is 0 Å². The highest BCUT2D eigenvalue weighted by atomic mass is 35.5. The van der Waals surface area contributed by atoms with Crippen LogP contribution in [0.1, 0.15) is 25.1 Å². The van der Waals surface area contributed by atoms with Gasteiger partial charge in [-0.25, -0.2) is 9.37 Å². The van der Waals surface area contributed by atoms with Crippen molar-refractivity contribution in [3.63, 3.8) is 0 Å². The summed E-state index contributed by atoms with van der Waals surface area (Å²) in [5, 5.41) is 2.83. The van der Waals surface area contributed by atoms with E-state index in [1.165, 1.54) is 6.07 Å². The Morgan fingerprint density at radius 3 is 2.65 bits per heavy atom. The van der Waals surface area contributed by atoms with Gasteiger partial charge < -0.3 is 0 Å². The van der Waals surface area contributed by atoms with Crippen molar-refractivity contribution in [3.05, 3.63) is 40.7 Å². The zero-order chi connectivity index (χ0) is 14.5. The van der Waals surface area contributed by atoms with Crippen LogP contribution in [0.2, 0.25) is 0 Å². The van der Waals surface area contributed by atoms with Crippen LogP contribution >= 0.6 is 22.9 Å². The van der Waals surface area contributed by atoms with Gasteiger partial charge in [-0.1, -0.05) is 13.8 Å². The minimum atomic E-state index is -0.158. The molecule has 2 rings (SSSR count). The molecule has 1 heterocycles. The summed E-state index contributed by atoms with van der Waals surface area (Å²) < 4.78 is 13.9. The minimum Gasteiger partial charge on any atom is -0.300 e. The van der Waals surface area contributed by atoms with Crippen molar-refractivity contribution in [1.29, 1.82) is 0 Å². The third-order valence-corrected chi connectivity index (χ3v) is 4.48. The van der Waals surface area contributed by atoms with Gasteiger partial charge in [0.2, 0.25) is 0 Å². The third kappa shape index (κ3) is 3.57. The Balaban J connectivity index is 2.27. The first-order chi connectivity index (χ1) is 9.67. The molecular weight excluding hydrogens is 295 g/mol. The Bertz CT molecular complexity index is 567. The lowest BCUT2D eigenvalue weighted by Gasteiger charge is -2.18. The number of hydrogen-bond acceptors (Lipinski definition) is 3. The fourth-order valence-electron chi connectivity index (χ4n) is 2.02. The van der Waals surface area contributed by atoms with Gasteiger partial charge in [0.05, 0.1) is 11.6 Å². The number of alkyl halides is 1. The Morgan fingerprint density at radius 1 is 1.30 bits per heavy atom. The first-order valence-electron chi connectivity index (χ1n) is 6.69. The van der Waals surface area contributed by atoms with E-state index in [4.69, 9.17) is 11.6 Å². The van der Waals surface area contributed by atoms with E-state index in [9.17, 15) is 4.39 Å². The predicted molar refractivity (Wildman–Crippen MR) is 83.7 cm³/mol. The lowest BCUT2D eigenvalue weighted by atomic mass is 10.1. The van der Waals surface area contributed by atoms with E-state index >= 15 is 0 Å². The predicted octanol–water partition coefficient (Wildman–Crippen LogP) is 4.53. The maximum atomic E-state index is 13.9. The molecule has 2 aromatic rings. The number of thiazole rings is 1. The van der Waals surface area contributed by atoms with E-state index in [1.54, 1.807) is 17.4 Å². The Labute approximate surface area is 128 Å². The summed E-state index contributed by atoms with van der Waals surface area (Å²) in [4.78, 5) is 6.63. The van der Waals surface area contributed by atoms with Crippen LogP contribution in [0.4, 0.5) is 4.39 Å². The summed E-state index contributed by atoms with van der Waals surface area (Å²) in [6.45, 7) is 6.61. The van der Waals surface area contributed by atoms with Crippen LogP contribution in [0.5, 0.6) is 0 Å². The van der Waals surface area contributed by atoms with Gasteiger partial charge in [-0.3, -0.25) is 4.90 Å². The zero-order valence-corrected chi connectivity index (χ0v) is 13.3. The van der Waals surface area contributed by atoms with E-state index < -0.39 is 0 Å². The molecule has 0 aliphatic carbocycles. The van der Waals surface area contributed by atoms with Gasteiger partial charge in [0.1, 0.15) is 10.8 Å². The lowest BCUT2D eigenvalue weighted by Crippen LogP contribution is -2.22. The summed E-state index contributed by atoms with van der Waals surface area (Å²) in [6.07, 6.45) is 0. The average molecular weight is 313 g/mol. The molecule has 0 radical (unpaired) electrons. The second-order valence-electron chi connectivity index (χ2n) is 4.55. The van der Waals surface area contributed by atoms with Gasteiger partial charge in [-0.2, -0.15) is 0 Å². The molecule has 1 aromatic heterocycles. The highest BCUT2D eigenvalue weighted by Crippen LogP contribution is 2.26. The van der Waals surface area contributed by atoms with Crippen LogP contribution in [0.3, 0.4) is 0 Å². The van der Waals surface area contributed by atoms with E-state index in [0.29, 0.717) is 18.0 Å². The van der Waals surface area contributed by atoms with E-state index in [0.717, 1.165) is 29.4 Å². The zero-order valence-electron chi connectivity index (χ0n) is 11.7. The number of benzene rings is 1. The van der Waals surface area contributed by atoms with Gasteiger partial charge >= 0.3 is 0 Å². The van der Waals surface area contributed by atoms with Crippen molar-refractivity contribution in [1.82, 2.24) is 9.88 Å². The van der Waals surface area contributed by atoms with Gasteiger partial charge in [0.15, 0.2) is 0 Å². The monoisotopic (exact) mass is 312 g/mol. The quantitative estimate of drug-likeness (QED) is 0.729. The topological polar surface area (TPSA) is 16.1 Å². The SMILES string of the molecule is CCN(CC)Cc1cc(-c2nc(CCl)cs2)ccc1F. The van der Waals surface area contributed by atoms with Crippen molar-refractivity contribution < 1.29 is 4.39 Å². The average Bonchev–Trinajstić information content (AvgIpc) is 2.95. The first kappa shape index (κ1) is 15.4. The smallest absolute Gasteiger partial charge is 0.127 e. The maximum absolute atomic E-state index is 13.9. The fourth-order valence-corrected chi connectivity index (χ4v) is 3.06. The fraction of sp³-hybridized carbons (Fsp3) is 0.400. The molecule has 0 saturated heterocycles. The molecule has 0 fully saturated rings. The molecule has 0 amide bonds. The van der Waals surface area contributed by atoms with Crippen LogP contribution < -0.4 is 0 Å². The van der Waals surface area contributed by atoms with Crippen LogP contribution in [-0.4, -0.2) is 23.0 Å². The molecule has 2 nitrogen and oxygen atoms in total. The summed E-state index contributed by atoms with van der Waals surface area (Å²) in [5.74, 6) is 0.249. The molecule has 0 saturated carbocycles. The highest BCUT2D eigenvalue weighted by molar-refractivity contribution is 7.13. The van der Waals surface area contributed by atoms with Gasteiger partial charge in [0.25, 0.3) is 0 Å². The van der Waals surface area contributed by atoms with E-state index in [1.807, 2.05) is 11.4 Å². The summed E-state index contributed by atoms with van der Waals surface area (Å²) in [5.41, 5.74) is 2.53.